The fourth-order valence-corrected chi connectivity index (χ4v) is 2.56. The van der Waals surface area contributed by atoms with Gasteiger partial charge in [0.15, 0.2) is 0 Å². The lowest BCUT2D eigenvalue weighted by Gasteiger charge is -2.31. The van der Waals surface area contributed by atoms with Crippen molar-refractivity contribution in [3.05, 3.63) is 71.3 Å². The topological polar surface area (TPSA) is 35.0 Å². The number of hydrogen-bond donors (Lipinski definition) is 1. The molecular weight excluding hydrogens is 256 g/mol. The summed E-state index contributed by atoms with van der Waals surface area (Å²) in [7, 11) is 0. The van der Waals surface area contributed by atoms with Crippen molar-refractivity contribution in [2.24, 2.45) is 5.41 Å². The van der Waals surface area contributed by atoms with Crippen molar-refractivity contribution >= 4 is 0 Å². The predicted molar refractivity (Wildman–Crippen MR) is 79.1 cm³/mol. The number of hydrogen-bond acceptors (Lipinski definition) is 1. The first-order valence-corrected chi connectivity index (χ1v) is 6.39. The molecule has 20 heavy (non-hydrogen) atoms. The molecule has 2 aromatic carbocycles. The van der Waals surface area contributed by atoms with Crippen molar-refractivity contribution < 1.29 is 8.78 Å². The van der Waals surface area contributed by atoms with Crippen LogP contribution < -0.4 is 6.15 Å². The average molecular weight is 277 g/mol. The molecular formula is C17H21F2N. The molecule has 0 aromatic heterocycles. The highest BCUT2D eigenvalue weighted by Gasteiger charge is 2.28. The van der Waals surface area contributed by atoms with Gasteiger partial charge in [-0.05, 0) is 40.8 Å². The second-order valence-corrected chi connectivity index (χ2v) is 5.91. The molecule has 0 aliphatic heterocycles. The molecule has 0 aliphatic carbocycles. The van der Waals surface area contributed by atoms with E-state index in [4.69, 9.17) is 0 Å². The van der Waals surface area contributed by atoms with E-state index in [1.807, 2.05) is 12.1 Å². The smallest absolute Gasteiger partial charge is 0.123 e. The van der Waals surface area contributed by atoms with Gasteiger partial charge >= 0.3 is 0 Å². The highest BCUT2D eigenvalue weighted by atomic mass is 19.1. The van der Waals surface area contributed by atoms with Gasteiger partial charge in [-0.25, -0.2) is 8.78 Å². The molecule has 0 unspecified atom stereocenters. The zero-order chi connectivity index (χ0) is 14.0. The Morgan fingerprint density at radius 1 is 0.800 bits per heavy atom. The van der Waals surface area contributed by atoms with Crippen molar-refractivity contribution in [1.82, 2.24) is 6.15 Å². The molecule has 0 fully saturated rings. The summed E-state index contributed by atoms with van der Waals surface area (Å²) in [5.41, 5.74) is 1.62. The third-order valence-electron chi connectivity index (χ3n) is 3.23. The van der Waals surface area contributed by atoms with Gasteiger partial charge in [0, 0.05) is 5.92 Å². The zero-order valence-corrected chi connectivity index (χ0v) is 12.2. The summed E-state index contributed by atoms with van der Waals surface area (Å²) in [5, 5.41) is 0. The molecule has 0 atom stereocenters. The summed E-state index contributed by atoms with van der Waals surface area (Å²) in [6.07, 6.45) is 0. The van der Waals surface area contributed by atoms with Gasteiger partial charge in [0.1, 0.15) is 11.6 Å². The summed E-state index contributed by atoms with van der Waals surface area (Å²) in [6, 6.07) is 13.1. The molecule has 2 aromatic rings. The van der Waals surface area contributed by atoms with E-state index in [1.54, 1.807) is 12.1 Å². The average Bonchev–Trinajstić information content (AvgIpc) is 2.27. The van der Waals surface area contributed by atoms with Crippen molar-refractivity contribution in [3.63, 3.8) is 0 Å². The van der Waals surface area contributed by atoms with Crippen LogP contribution in [0, 0.1) is 17.0 Å². The van der Waals surface area contributed by atoms with E-state index in [9.17, 15) is 8.78 Å². The molecule has 0 radical (unpaired) electrons. The van der Waals surface area contributed by atoms with E-state index in [2.05, 4.69) is 20.8 Å². The van der Waals surface area contributed by atoms with Gasteiger partial charge in [0.2, 0.25) is 0 Å². The molecule has 0 amide bonds. The summed E-state index contributed by atoms with van der Waals surface area (Å²) in [6.45, 7) is 6.23. The minimum absolute atomic E-state index is 0. The minimum Gasteiger partial charge on any atom is -0.344 e. The van der Waals surface area contributed by atoms with Crippen molar-refractivity contribution in [2.45, 2.75) is 26.7 Å². The fourth-order valence-electron chi connectivity index (χ4n) is 2.56. The molecule has 2 rings (SSSR count). The largest absolute Gasteiger partial charge is 0.344 e. The van der Waals surface area contributed by atoms with E-state index >= 15 is 0 Å². The second kappa shape index (κ2) is 6.14. The Kier molecular flexibility index (Phi) is 5.01. The molecule has 3 heteroatoms. The van der Waals surface area contributed by atoms with Crippen LogP contribution in [0.15, 0.2) is 48.5 Å². The third kappa shape index (κ3) is 3.64. The van der Waals surface area contributed by atoms with Crippen molar-refractivity contribution in [2.75, 3.05) is 0 Å². The van der Waals surface area contributed by atoms with E-state index in [0.29, 0.717) is 0 Å². The monoisotopic (exact) mass is 277 g/mol. The normalized spacial score (nSPS) is 11.3. The number of benzene rings is 2. The van der Waals surface area contributed by atoms with Crippen LogP contribution in [0.5, 0.6) is 0 Å². The number of halogens is 2. The van der Waals surface area contributed by atoms with Crippen LogP contribution in [0.2, 0.25) is 0 Å². The van der Waals surface area contributed by atoms with Gasteiger partial charge in [0.05, 0.1) is 0 Å². The molecule has 0 spiro atoms. The Balaban J connectivity index is 0.00000200. The molecule has 3 N–H and O–H groups in total. The summed E-state index contributed by atoms with van der Waals surface area (Å²) in [4.78, 5) is 0. The maximum absolute atomic E-state index is 13.4. The molecule has 1 nitrogen and oxygen atoms in total. The molecule has 0 saturated heterocycles. The standard InChI is InChI=1S/C17H18F2.H3N/c1-17(2,3)16(12-6-4-8-14(18)10-12)13-7-5-9-15(19)11-13;/h4-11,16H,1-3H3;1H3. The van der Waals surface area contributed by atoms with Crippen molar-refractivity contribution in [1.29, 1.82) is 0 Å². The Hall–Kier alpha value is -1.74. The first kappa shape index (κ1) is 16.3. The first-order chi connectivity index (χ1) is 8.88. The Morgan fingerprint density at radius 2 is 1.20 bits per heavy atom. The summed E-state index contributed by atoms with van der Waals surface area (Å²) >= 11 is 0. The van der Waals surface area contributed by atoms with Crippen LogP contribution in [-0.2, 0) is 0 Å². The third-order valence-corrected chi connectivity index (χ3v) is 3.23. The lowest BCUT2D eigenvalue weighted by molar-refractivity contribution is 0.357. The lowest BCUT2D eigenvalue weighted by atomic mass is 9.72. The minimum atomic E-state index is -0.261. The van der Waals surface area contributed by atoms with E-state index in [0.717, 1.165) is 11.1 Å². The quantitative estimate of drug-likeness (QED) is 0.793. The van der Waals surface area contributed by atoms with Crippen LogP contribution in [0.4, 0.5) is 8.78 Å². The highest BCUT2D eigenvalue weighted by Crippen LogP contribution is 2.40. The Morgan fingerprint density at radius 3 is 1.50 bits per heavy atom. The number of rotatable bonds is 2. The van der Waals surface area contributed by atoms with Crippen LogP contribution in [-0.4, -0.2) is 0 Å². The Labute approximate surface area is 119 Å². The highest BCUT2D eigenvalue weighted by molar-refractivity contribution is 5.35. The lowest BCUT2D eigenvalue weighted by Crippen LogP contribution is -2.20. The maximum atomic E-state index is 13.4. The van der Waals surface area contributed by atoms with Gasteiger partial charge < -0.3 is 6.15 Å². The van der Waals surface area contributed by atoms with Crippen LogP contribution in [0.1, 0.15) is 37.8 Å². The van der Waals surface area contributed by atoms with E-state index in [-0.39, 0.29) is 29.1 Å². The van der Waals surface area contributed by atoms with Gasteiger partial charge in [-0.15, -0.1) is 0 Å². The van der Waals surface area contributed by atoms with Gasteiger partial charge in [-0.3, -0.25) is 0 Å². The Bertz CT molecular complexity index is 528. The van der Waals surface area contributed by atoms with Gasteiger partial charge in [0.25, 0.3) is 0 Å². The van der Waals surface area contributed by atoms with Crippen LogP contribution >= 0.6 is 0 Å². The molecule has 0 aliphatic rings. The molecule has 0 bridgehead atoms. The SMILES string of the molecule is CC(C)(C)C(c1cccc(F)c1)c1cccc(F)c1.N. The summed E-state index contributed by atoms with van der Waals surface area (Å²) < 4.78 is 26.9. The van der Waals surface area contributed by atoms with Crippen LogP contribution in [0.25, 0.3) is 0 Å². The predicted octanol–water partition coefficient (Wildman–Crippen LogP) is 5.30. The van der Waals surface area contributed by atoms with E-state index in [1.165, 1.54) is 24.3 Å². The van der Waals surface area contributed by atoms with Crippen molar-refractivity contribution in [3.8, 4) is 0 Å². The second-order valence-electron chi connectivity index (χ2n) is 5.91. The van der Waals surface area contributed by atoms with Gasteiger partial charge in [-0.1, -0.05) is 45.0 Å². The zero-order valence-electron chi connectivity index (χ0n) is 12.2. The first-order valence-electron chi connectivity index (χ1n) is 6.39. The fraction of sp³-hybridized carbons (Fsp3) is 0.294. The van der Waals surface area contributed by atoms with Gasteiger partial charge in [-0.2, -0.15) is 0 Å². The maximum Gasteiger partial charge on any atom is 0.123 e. The summed E-state index contributed by atoms with van der Waals surface area (Å²) in [5.74, 6) is -0.565. The van der Waals surface area contributed by atoms with E-state index < -0.39 is 0 Å². The van der Waals surface area contributed by atoms with Crippen LogP contribution in [0.3, 0.4) is 0 Å². The molecule has 0 heterocycles. The molecule has 0 saturated carbocycles. The molecule has 108 valence electrons.